The summed E-state index contributed by atoms with van der Waals surface area (Å²) >= 11 is 2.19. The number of aromatic nitrogens is 1. The molecular weight excluding hydrogens is 387 g/mol. The fourth-order valence-electron chi connectivity index (χ4n) is 3.86. The van der Waals surface area contributed by atoms with Gasteiger partial charge in [-0.15, -0.1) is 0 Å². The van der Waals surface area contributed by atoms with E-state index in [1.807, 2.05) is 11.0 Å². The molecule has 3 atom stereocenters. The van der Waals surface area contributed by atoms with Crippen LogP contribution in [-0.4, -0.2) is 34.9 Å². The van der Waals surface area contributed by atoms with Crippen LogP contribution in [0.1, 0.15) is 31.2 Å². The summed E-state index contributed by atoms with van der Waals surface area (Å²) in [4.78, 5) is 6.12. The smallest absolute Gasteiger partial charge is 0.251 e. The summed E-state index contributed by atoms with van der Waals surface area (Å²) in [5.74, 6) is 0. The lowest BCUT2D eigenvalue weighted by Gasteiger charge is -2.43. The molecule has 0 saturated carbocycles. The van der Waals surface area contributed by atoms with Crippen LogP contribution in [0.4, 0.5) is 8.78 Å². The first kappa shape index (κ1) is 15.1. The zero-order valence-corrected chi connectivity index (χ0v) is 13.6. The monoisotopic (exact) mass is 403 g/mol. The fraction of sp³-hybridized carbons (Fsp3) is 0.600. The molecule has 0 amide bonds. The third-order valence-corrected chi connectivity index (χ3v) is 5.35. The molecule has 0 aromatic carbocycles. The number of rotatable bonds is 3. The van der Waals surface area contributed by atoms with E-state index in [0.29, 0.717) is 12.8 Å². The maximum atomic E-state index is 12.7. The lowest BCUT2D eigenvalue weighted by atomic mass is 9.71. The molecule has 112 valence electrons. The predicted octanol–water partition coefficient (Wildman–Crippen LogP) is 3.34. The summed E-state index contributed by atoms with van der Waals surface area (Å²) in [7, 11) is 0. The number of halogens is 3. The third kappa shape index (κ3) is 2.78. The van der Waals surface area contributed by atoms with Gasteiger partial charge < -0.3 is 0 Å². The maximum absolute atomic E-state index is 12.7. The van der Waals surface area contributed by atoms with E-state index in [1.54, 1.807) is 12.4 Å². The molecule has 0 spiro atoms. The van der Waals surface area contributed by atoms with E-state index in [9.17, 15) is 14.0 Å². The van der Waals surface area contributed by atoms with Gasteiger partial charge in [0.1, 0.15) is 0 Å². The molecule has 6 heteroatoms. The van der Waals surface area contributed by atoms with Crippen LogP contribution in [0.2, 0.25) is 0 Å². The van der Waals surface area contributed by atoms with Crippen molar-refractivity contribution >= 4 is 22.6 Å². The minimum atomic E-state index is -2.30. The van der Waals surface area contributed by atoms with E-state index in [1.165, 1.54) is 0 Å². The molecule has 0 N–H and O–H groups in total. The molecule has 2 saturated heterocycles. The van der Waals surface area contributed by atoms with Gasteiger partial charge in [0, 0.05) is 28.0 Å². The summed E-state index contributed by atoms with van der Waals surface area (Å²) in [5.41, 5.74) is 0.365. The van der Waals surface area contributed by atoms with Crippen LogP contribution in [0.5, 0.6) is 0 Å². The number of pyridine rings is 1. The van der Waals surface area contributed by atoms with Crippen molar-refractivity contribution in [3.63, 3.8) is 0 Å². The molecule has 3 rings (SSSR count). The minimum Gasteiger partial charge on any atom is -0.292 e. The number of alkyl halides is 2. The quantitative estimate of drug-likeness (QED) is 0.727. The molecule has 2 aliphatic heterocycles. The Hall–Kier alpha value is -0.810. The highest BCUT2D eigenvalue weighted by Crippen LogP contribution is 2.47. The Morgan fingerprint density at radius 1 is 1.38 bits per heavy atom. The van der Waals surface area contributed by atoms with Gasteiger partial charge in [0.15, 0.2) is 0 Å². The second-order valence-electron chi connectivity index (χ2n) is 5.97. The first-order valence-electron chi connectivity index (χ1n) is 7.10. The average Bonchev–Trinajstić information content (AvgIpc) is 2.70. The zero-order valence-electron chi connectivity index (χ0n) is 11.5. The van der Waals surface area contributed by atoms with Gasteiger partial charge in [0.25, 0.3) is 6.43 Å². The molecule has 0 aliphatic carbocycles. The summed E-state index contributed by atoms with van der Waals surface area (Å²) in [6.45, 7) is -0.165. The molecule has 0 radical (unpaired) electrons. The van der Waals surface area contributed by atoms with Crippen molar-refractivity contribution in [2.75, 3.05) is 6.54 Å². The molecule has 1 aromatic rings. The van der Waals surface area contributed by atoms with Crippen LogP contribution in [-0.2, 0) is 5.41 Å². The number of fused-ring (bicyclic) bond motifs is 2. The van der Waals surface area contributed by atoms with Gasteiger partial charge in [0.2, 0.25) is 0 Å². The van der Waals surface area contributed by atoms with Gasteiger partial charge >= 0.3 is 0 Å². The topological polar surface area (TPSA) is 39.9 Å². The van der Waals surface area contributed by atoms with Crippen molar-refractivity contribution in [2.45, 2.75) is 49.6 Å². The number of hydrogen-bond donors (Lipinski definition) is 0. The molecule has 21 heavy (non-hydrogen) atoms. The minimum absolute atomic E-state index is 0.0928. The second kappa shape index (κ2) is 5.76. The Morgan fingerprint density at radius 3 is 2.57 bits per heavy atom. The van der Waals surface area contributed by atoms with Crippen molar-refractivity contribution < 1.29 is 8.78 Å². The highest BCUT2D eigenvalue weighted by atomic mass is 127. The Balaban J connectivity index is 1.89. The summed E-state index contributed by atoms with van der Waals surface area (Å²) in [5, 5.41) is 9.77. The van der Waals surface area contributed by atoms with E-state index in [0.717, 1.165) is 22.0 Å². The van der Waals surface area contributed by atoms with Crippen molar-refractivity contribution in [3.05, 3.63) is 27.6 Å². The van der Waals surface area contributed by atoms with E-state index < -0.39 is 11.8 Å². The largest absolute Gasteiger partial charge is 0.292 e. The van der Waals surface area contributed by atoms with Crippen LogP contribution >= 0.6 is 22.6 Å². The van der Waals surface area contributed by atoms with E-state index in [-0.39, 0.29) is 18.6 Å². The number of nitriles is 1. The van der Waals surface area contributed by atoms with Gasteiger partial charge in [-0.3, -0.25) is 9.88 Å². The number of hydrogen-bond acceptors (Lipinski definition) is 3. The number of piperidine rings is 1. The van der Waals surface area contributed by atoms with Gasteiger partial charge in [-0.2, -0.15) is 5.26 Å². The van der Waals surface area contributed by atoms with Crippen molar-refractivity contribution in [1.82, 2.24) is 9.88 Å². The van der Waals surface area contributed by atoms with E-state index >= 15 is 0 Å². The van der Waals surface area contributed by atoms with Crippen LogP contribution in [0.15, 0.2) is 18.5 Å². The van der Waals surface area contributed by atoms with Gasteiger partial charge in [0.05, 0.1) is 18.0 Å². The summed E-state index contributed by atoms with van der Waals surface area (Å²) in [6.07, 6.45) is 4.31. The van der Waals surface area contributed by atoms with Crippen LogP contribution in [0.3, 0.4) is 0 Å². The van der Waals surface area contributed by atoms with E-state index in [2.05, 4.69) is 33.6 Å². The van der Waals surface area contributed by atoms with Gasteiger partial charge in [-0.05, 0) is 59.9 Å². The van der Waals surface area contributed by atoms with Crippen molar-refractivity contribution in [2.24, 2.45) is 0 Å². The fourth-order valence-corrected chi connectivity index (χ4v) is 4.36. The molecule has 1 unspecified atom stereocenters. The molecule has 2 aliphatic rings. The molecular formula is C15H16F2IN3. The number of nitrogens with zero attached hydrogens (tertiary/aromatic N) is 3. The van der Waals surface area contributed by atoms with Crippen molar-refractivity contribution in [3.8, 4) is 6.07 Å². The van der Waals surface area contributed by atoms with Crippen LogP contribution in [0, 0.1) is 14.9 Å². The molecule has 3 heterocycles. The van der Waals surface area contributed by atoms with Crippen LogP contribution < -0.4 is 0 Å². The molecule has 1 aromatic heterocycles. The summed E-state index contributed by atoms with van der Waals surface area (Å²) < 4.78 is 26.5. The zero-order chi connectivity index (χ0) is 15.0. The van der Waals surface area contributed by atoms with Crippen molar-refractivity contribution in [1.29, 1.82) is 5.26 Å². The Kier molecular flexibility index (Phi) is 4.14. The Bertz CT molecular complexity index is 558. The maximum Gasteiger partial charge on any atom is 0.251 e. The first-order chi connectivity index (χ1) is 10.0. The highest BCUT2D eigenvalue weighted by molar-refractivity contribution is 14.1. The van der Waals surface area contributed by atoms with Gasteiger partial charge in [-0.1, -0.05) is 0 Å². The third-order valence-electron chi connectivity index (χ3n) is 4.76. The normalized spacial score (nSPS) is 32.3. The predicted molar refractivity (Wildman–Crippen MR) is 83.0 cm³/mol. The lowest BCUT2D eigenvalue weighted by Crippen LogP contribution is -2.50. The Labute approximate surface area is 136 Å². The average molecular weight is 403 g/mol. The standard InChI is InChI=1S/C15H16F2IN3/c16-14(17)8-21-12-1-2-13(21)5-15(4-12,9-19)10-3-11(18)7-20-6-10/h3,6-7,12-14H,1-2,4-5,8H2/t12-,13+,15?. The SMILES string of the molecule is N#CC1(c2cncc(I)c2)C[C@H]2CC[C@@H](C1)N2CC(F)F. The van der Waals surface area contributed by atoms with Gasteiger partial charge in [-0.25, -0.2) is 8.78 Å². The molecule has 2 fully saturated rings. The highest BCUT2D eigenvalue weighted by Gasteiger charge is 2.50. The molecule has 2 bridgehead atoms. The molecule has 3 nitrogen and oxygen atoms in total. The summed E-state index contributed by atoms with van der Waals surface area (Å²) in [6, 6.07) is 4.66. The Morgan fingerprint density at radius 2 is 2.05 bits per heavy atom. The van der Waals surface area contributed by atoms with Crippen LogP contribution in [0.25, 0.3) is 0 Å². The lowest BCUT2D eigenvalue weighted by molar-refractivity contribution is 0.0306. The first-order valence-corrected chi connectivity index (χ1v) is 8.18. The second-order valence-corrected chi connectivity index (χ2v) is 7.21. The van der Waals surface area contributed by atoms with E-state index in [4.69, 9.17) is 0 Å².